The Balaban J connectivity index is 1.85. The van der Waals surface area contributed by atoms with Crippen molar-refractivity contribution in [3.05, 3.63) is 24.0 Å². The van der Waals surface area contributed by atoms with Crippen molar-refractivity contribution in [2.75, 3.05) is 11.9 Å². The zero-order valence-electron chi connectivity index (χ0n) is 10.2. The maximum atomic E-state index is 11.7. The average Bonchev–Trinajstić information content (AvgIpc) is 3.14. The minimum atomic E-state index is -0.0624. The predicted octanol–water partition coefficient (Wildman–Crippen LogP) is 2.19. The molecule has 2 N–H and O–H groups in total. The largest absolute Gasteiger partial charge is 0.384 e. The van der Waals surface area contributed by atoms with Crippen molar-refractivity contribution in [2.24, 2.45) is 0 Å². The van der Waals surface area contributed by atoms with Gasteiger partial charge in [-0.25, -0.2) is 4.98 Å². The molecule has 1 saturated carbocycles. The van der Waals surface area contributed by atoms with Crippen LogP contribution in [0, 0.1) is 0 Å². The third kappa shape index (κ3) is 3.73. The van der Waals surface area contributed by atoms with Gasteiger partial charge in [-0.2, -0.15) is 0 Å². The first-order chi connectivity index (χ1) is 8.29. The van der Waals surface area contributed by atoms with E-state index in [1.165, 1.54) is 6.42 Å². The zero-order chi connectivity index (χ0) is 12.1. The number of nitrogens with one attached hydrogen (secondary N) is 2. The number of hydrogen-bond donors (Lipinski definition) is 2. The number of rotatable bonds is 6. The molecular formula is C13H19N3O. The van der Waals surface area contributed by atoms with E-state index in [2.05, 4.69) is 22.5 Å². The van der Waals surface area contributed by atoms with E-state index in [0.717, 1.165) is 31.5 Å². The Bertz CT molecular complexity index is 371. The first kappa shape index (κ1) is 11.9. The van der Waals surface area contributed by atoms with Crippen LogP contribution in [0.4, 0.5) is 5.69 Å². The SMILES string of the molecule is CCCCNc1ccc(C(=O)NC2CC2)nc1. The molecule has 2 rings (SSSR count). The van der Waals surface area contributed by atoms with Gasteiger partial charge in [-0.3, -0.25) is 4.79 Å². The molecule has 4 heteroatoms. The second kappa shape index (κ2) is 5.66. The van der Waals surface area contributed by atoms with E-state index in [1.807, 2.05) is 6.07 Å². The van der Waals surface area contributed by atoms with Crippen molar-refractivity contribution in [1.82, 2.24) is 10.3 Å². The Morgan fingerprint density at radius 1 is 1.47 bits per heavy atom. The van der Waals surface area contributed by atoms with Crippen LogP contribution in [0.5, 0.6) is 0 Å². The molecule has 0 saturated heterocycles. The summed E-state index contributed by atoms with van der Waals surface area (Å²) in [6, 6.07) is 4.06. The summed E-state index contributed by atoms with van der Waals surface area (Å²) in [7, 11) is 0. The van der Waals surface area contributed by atoms with Gasteiger partial charge in [-0.15, -0.1) is 0 Å². The number of nitrogens with zero attached hydrogens (tertiary/aromatic N) is 1. The first-order valence-corrected chi connectivity index (χ1v) is 6.30. The fourth-order valence-corrected chi connectivity index (χ4v) is 1.53. The van der Waals surface area contributed by atoms with E-state index in [0.29, 0.717) is 11.7 Å². The summed E-state index contributed by atoms with van der Waals surface area (Å²) in [4.78, 5) is 15.8. The van der Waals surface area contributed by atoms with Gasteiger partial charge in [0.25, 0.3) is 5.91 Å². The van der Waals surface area contributed by atoms with Crippen LogP contribution in [0.15, 0.2) is 18.3 Å². The quantitative estimate of drug-likeness (QED) is 0.740. The van der Waals surface area contributed by atoms with Crippen LogP contribution in [-0.4, -0.2) is 23.5 Å². The summed E-state index contributed by atoms with van der Waals surface area (Å²) in [5.74, 6) is -0.0624. The van der Waals surface area contributed by atoms with E-state index < -0.39 is 0 Å². The molecule has 0 radical (unpaired) electrons. The Hall–Kier alpha value is -1.58. The van der Waals surface area contributed by atoms with Crippen molar-refractivity contribution in [3.63, 3.8) is 0 Å². The number of amides is 1. The normalized spacial score (nSPS) is 14.4. The smallest absolute Gasteiger partial charge is 0.270 e. The van der Waals surface area contributed by atoms with Gasteiger partial charge >= 0.3 is 0 Å². The number of carbonyl (C=O) groups excluding carboxylic acids is 1. The predicted molar refractivity (Wildman–Crippen MR) is 68.1 cm³/mol. The van der Waals surface area contributed by atoms with Crippen LogP contribution in [-0.2, 0) is 0 Å². The van der Waals surface area contributed by atoms with Crippen molar-refractivity contribution >= 4 is 11.6 Å². The molecule has 0 bridgehead atoms. The van der Waals surface area contributed by atoms with Crippen molar-refractivity contribution in [3.8, 4) is 0 Å². The maximum absolute atomic E-state index is 11.7. The Labute approximate surface area is 102 Å². The van der Waals surface area contributed by atoms with Gasteiger partial charge in [-0.05, 0) is 31.4 Å². The third-order valence-corrected chi connectivity index (χ3v) is 2.77. The average molecular weight is 233 g/mol. The van der Waals surface area contributed by atoms with Gasteiger partial charge < -0.3 is 10.6 Å². The second-order valence-electron chi connectivity index (χ2n) is 4.46. The molecule has 0 unspecified atom stereocenters. The molecule has 17 heavy (non-hydrogen) atoms. The van der Waals surface area contributed by atoms with E-state index in [4.69, 9.17) is 0 Å². The molecule has 1 aromatic rings. The highest BCUT2D eigenvalue weighted by Gasteiger charge is 2.24. The summed E-state index contributed by atoms with van der Waals surface area (Å²) in [6.07, 6.45) is 6.23. The second-order valence-corrected chi connectivity index (χ2v) is 4.46. The van der Waals surface area contributed by atoms with Crippen LogP contribution in [0.25, 0.3) is 0 Å². The van der Waals surface area contributed by atoms with Gasteiger partial charge in [0.15, 0.2) is 0 Å². The molecule has 0 aliphatic heterocycles. The van der Waals surface area contributed by atoms with E-state index in [1.54, 1.807) is 12.3 Å². The number of aromatic nitrogens is 1. The number of carbonyl (C=O) groups is 1. The van der Waals surface area contributed by atoms with E-state index >= 15 is 0 Å². The summed E-state index contributed by atoms with van der Waals surface area (Å²) in [6.45, 7) is 3.11. The van der Waals surface area contributed by atoms with Gasteiger partial charge in [0.2, 0.25) is 0 Å². The van der Waals surface area contributed by atoms with Crippen LogP contribution in [0.1, 0.15) is 43.1 Å². The fraction of sp³-hybridized carbons (Fsp3) is 0.538. The topological polar surface area (TPSA) is 54.0 Å². The molecule has 1 aliphatic carbocycles. The Morgan fingerprint density at radius 2 is 2.29 bits per heavy atom. The molecule has 1 aromatic heterocycles. The van der Waals surface area contributed by atoms with Crippen LogP contribution >= 0.6 is 0 Å². The molecular weight excluding hydrogens is 214 g/mol. The minimum Gasteiger partial charge on any atom is -0.384 e. The number of pyridine rings is 1. The van der Waals surface area contributed by atoms with E-state index in [9.17, 15) is 4.79 Å². The van der Waals surface area contributed by atoms with Crippen LogP contribution in [0.3, 0.4) is 0 Å². The maximum Gasteiger partial charge on any atom is 0.270 e. The van der Waals surface area contributed by atoms with Crippen molar-refractivity contribution in [2.45, 2.75) is 38.6 Å². The fourth-order valence-electron chi connectivity index (χ4n) is 1.53. The molecule has 1 aliphatic rings. The number of unbranched alkanes of at least 4 members (excludes halogenated alkanes) is 1. The molecule has 92 valence electrons. The molecule has 0 atom stereocenters. The summed E-state index contributed by atoms with van der Waals surface area (Å²) in [5.41, 5.74) is 1.47. The Morgan fingerprint density at radius 3 is 2.88 bits per heavy atom. The molecule has 1 heterocycles. The molecule has 1 fully saturated rings. The lowest BCUT2D eigenvalue weighted by molar-refractivity contribution is 0.0946. The lowest BCUT2D eigenvalue weighted by Crippen LogP contribution is -2.26. The molecule has 0 spiro atoms. The summed E-state index contributed by atoms with van der Waals surface area (Å²) < 4.78 is 0. The van der Waals surface area contributed by atoms with Crippen molar-refractivity contribution < 1.29 is 4.79 Å². The highest BCUT2D eigenvalue weighted by molar-refractivity contribution is 5.92. The zero-order valence-corrected chi connectivity index (χ0v) is 10.2. The van der Waals surface area contributed by atoms with Crippen LogP contribution in [0.2, 0.25) is 0 Å². The third-order valence-electron chi connectivity index (χ3n) is 2.77. The van der Waals surface area contributed by atoms with Gasteiger partial charge in [0.05, 0.1) is 11.9 Å². The summed E-state index contributed by atoms with van der Waals surface area (Å²) >= 11 is 0. The number of hydrogen-bond acceptors (Lipinski definition) is 3. The standard InChI is InChI=1S/C13H19N3O/c1-2-3-8-14-11-6-7-12(15-9-11)13(17)16-10-4-5-10/h6-7,9-10,14H,2-5,8H2,1H3,(H,16,17). The molecule has 0 aromatic carbocycles. The number of anilines is 1. The Kier molecular flexibility index (Phi) is 3.96. The first-order valence-electron chi connectivity index (χ1n) is 6.30. The lowest BCUT2D eigenvalue weighted by Gasteiger charge is -2.06. The van der Waals surface area contributed by atoms with Gasteiger partial charge in [0, 0.05) is 12.6 Å². The monoisotopic (exact) mass is 233 g/mol. The van der Waals surface area contributed by atoms with Gasteiger partial charge in [0.1, 0.15) is 5.69 Å². The summed E-state index contributed by atoms with van der Waals surface area (Å²) in [5, 5.41) is 6.19. The van der Waals surface area contributed by atoms with E-state index in [-0.39, 0.29) is 5.91 Å². The molecule has 4 nitrogen and oxygen atoms in total. The van der Waals surface area contributed by atoms with Crippen LogP contribution < -0.4 is 10.6 Å². The minimum absolute atomic E-state index is 0.0624. The van der Waals surface area contributed by atoms with Crippen molar-refractivity contribution in [1.29, 1.82) is 0 Å². The molecule has 1 amide bonds. The highest BCUT2D eigenvalue weighted by Crippen LogP contribution is 2.19. The van der Waals surface area contributed by atoms with Gasteiger partial charge in [-0.1, -0.05) is 13.3 Å². The highest BCUT2D eigenvalue weighted by atomic mass is 16.2. The lowest BCUT2D eigenvalue weighted by atomic mass is 10.3.